The molecule has 25 heteroatoms. The Morgan fingerprint density at radius 1 is 0.475 bits per heavy atom. The first-order valence-corrected chi connectivity index (χ1v) is 21.7. The fourth-order valence-electron chi connectivity index (χ4n) is 5.62. The maximum absolute atomic E-state index is 12.5. The molecule has 0 atom stereocenters. The molecule has 0 unspecified atom stereocenters. The fourth-order valence-corrected chi connectivity index (χ4v) is 7.93. The van der Waals surface area contributed by atoms with E-state index in [2.05, 4.69) is 25.8 Å². The lowest BCUT2D eigenvalue weighted by molar-refractivity contribution is 0.413. The van der Waals surface area contributed by atoms with Crippen molar-refractivity contribution in [2.75, 3.05) is 19.5 Å². The number of hydrogen-bond donors (Lipinski definition) is 7. The van der Waals surface area contributed by atoms with Crippen LogP contribution in [0.4, 0.5) is 34.1 Å². The second kappa shape index (κ2) is 15.5. The number of ether oxygens (including phenoxy) is 2. The monoisotopic (exact) mass is 889 g/mol. The number of azo groups is 2. The van der Waals surface area contributed by atoms with E-state index in [1.165, 1.54) is 36.4 Å². The molecule has 0 aliphatic rings. The standard InChI is InChI=1S/C34H27N5O16S4/c1-54-27-15-21(56(42,43)44)5-9-25(27)36-38-31-29(58(48,49)50)13-17-11-19(3-7-23(17)33(31)40)35-20-4-8-24-18(12-20)14-30(59(51,52)53)32(34(24)41)39-37-26-10-6-22(57(45,46)47)16-28(26)55-2/h3-16,35,40-41H,1-2H3,(H,42,43,44)(H,45,46,47)(H,48,49,50)(H,51,52,53). The number of methoxy groups -OCH3 is 2. The van der Waals surface area contributed by atoms with Crippen LogP contribution in [0.1, 0.15) is 0 Å². The lowest BCUT2D eigenvalue weighted by Crippen LogP contribution is -2.00. The van der Waals surface area contributed by atoms with Crippen molar-refractivity contribution >= 4 is 96.1 Å². The van der Waals surface area contributed by atoms with Crippen molar-refractivity contribution in [3.8, 4) is 23.0 Å². The van der Waals surface area contributed by atoms with E-state index >= 15 is 0 Å². The maximum Gasteiger partial charge on any atom is 0.296 e. The minimum absolute atomic E-state index is 0.0421. The molecular weight excluding hydrogens is 863 g/mol. The minimum Gasteiger partial charge on any atom is -0.505 e. The van der Waals surface area contributed by atoms with Crippen LogP contribution in [0.3, 0.4) is 0 Å². The molecule has 0 fully saturated rings. The van der Waals surface area contributed by atoms with Crippen molar-refractivity contribution in [2.45, 2.75) is 19.6 Å². The van der Waals surface area contributed by atoms with Crippen LogP contribution in [0.25, 0.3) is 21.5 Å². The van der Waals surface area contributed by atoms with Gasteiger partial charge in [0, 0.05) is 34.3 Å². The van der Waals surface area contributed by atoms with E-state index in [0.29, 0.717) is 0 Å². The molecule has 0 bridgehead atoms. The van der Waals surface area contributed by atoms with Gasteiger partial charge in [-0.05, 0) is 83.6 Å². The summed E-state index contributed by atoms with van der Waals surface area (Å²) < 4.78 is 145. The van der Waals surface area contributed by atoms with Gasteiger partial charge in [-0.25, -0.2) is 0 Å². The number of aromatic hydroxyl groups is 2. The first-order chi connectivity index (χ1) is 27.5. The lowest BCUT2D eigenvalue weighted by Gasteiger charge is -2.13. The molecule has 6 aromatic rings. The van der Waals surface area contributed by atoms with E-state index in [4.69, 9.17) is 9.47 Å². The Bertz CT molecular complexity index is 3030. The molecular formula is C34H27N5O16S4. The van der Waals surface area contributed by atoms with E-state index in [1.54, 1.807) is 0 Å². The highest BCUT2D eigenvalue weighted by Gasteiger charge is 2.25. The van der Waals surface area contributed by atoms with E-state index in [1.807, 2.05) is 0 Å². The number of nitrogens with one attached hydrogen (secondary N) is 1. The third-order valence-corrected chi connectivity index (χ3v) is 11.8. The third-order valence-electron chi connectivity index (χ3n) is 8.36. The molecule has 0 aliphatic carbocycles. The highest BCUT2D eigenvalue weighted by molar-refractivity contribution is 7.86. The van der Waals surface area contributed by atoms with Gasteiger partial charge in [-0.2, -0.15) is 33.7 Å². The third kappa shape index (κ3) is 8.91. The summed E-state index contributed by atoms with van der Waals surface area (Å²) in [6.07, 6.45) is 0. The quantitative estimate of drug-likeness (QED) is 0.0481. The lowest BCUT2D eigenvalue weighted by atomic mass is 10.1. The maximum atomic E-state index is 12.5. The van der Waals surface area contributed by atoms with Crippen LogP contribution in [0.15, 0.2) is 125 Å². The zero-order chi connectivity index (χ0) is 43.2. The van der Waals surface area contributed by atoms with Crippen LogP contribution in [0.5, 0.6) is 23.0 Å². The van der Waals surface area contributed by atoms with Crippen LogP contribution in [0.2, 0.25) is 0 Å². The molecule has 0 radical (unpaired) electrons. The summed E-state index contributed by atoms with van der Waals surface area (Å²) in [5.41, 5.74) is -1.10. The number of rotatable bonds is 12. The van der Waals surface area contributed by atoms with Crippen LogP contribution < -0.4 is 14.8 Å². The fraction of sp³-hybridized carbons (Fsp3) is 0.0588. The molecule has 0 aliphatic heterocycles. The molecule has 59 heavy (non-hydrogen) atoms. The molecule has 21 nitrogen and oxygen atoms in total. The number of phenols is 2. The Balaban J connectivity index is 1.36. The van der Waals surface area contributed by atoms with E-state index in [0.717, 1.165) is 62.8 Å². The highest BCUT2D eigenvalue weighted by Crippen LogP contribution is 2.45. The van der Waals surface area contributed by atoms with Crippen molar-refractivity contribution in [1.82, 2.24) is 0 Å². The predicted molar refractivity (Wildman–Crippen MR) is 208 cm³/mol. The topological polar surface area (TPSA) is 338 Å². The Morgan fingerprint density at radius 2 is 0.847 bits per heavy atom. The second-order valence-electron chi connectivity index (χ2n) is 12.1. The van der Waals surface area contributed by atoms with Gasteiger partial charge in [0.15, 0.2) is 11.5 Å². The van der Waals surface area contributed by atoms with Gasteiger partial charge in [0.25, 0.3) is 40.5 Å². The van der Waals surface area contributed by atoms with Crippen molar-refractivity contribution < 1.29 is 71.6 Å². The SMILES string of the molecule is COc1cc(S(=O)(=O)O)ccc1N=Nc1c(S(=O)(=O)O)cc2cc(Nc3ccc4c(O)c(N=Nc5ccc(S(=O)(=O)O)cc5OC)c(S(=O)(=O)O)cc4c3)ccc2c1O. The average molecular weight is 890 g/mol. The van der Waals surface area contributed by atoms with Gasteiger partial charge in [-0.15, -0.1) is 20.5 Å². The minimum atomic E-state index is -5.07. The Labute approximate surface area is 333 Å². The summed E-state index contributed by atoms with van der Waals surface area (Å²) >= 11 is 0. The average Bonchev–Trinajstić information content (AvgIpc) is 3.15. The van der Waals surface area contributed by atoms with Crippen LogP contribution in [-0.2, 0) is 40.5 Å². The smallest absolute Gasteiger partial charge is 0.296 e. The molecule has 0 heterocycles. The number of benzene rings is 6. The van der Waals surface area contributed by atoms with E-state index in [-0.39, 0.29) is 55.8 Å². The van der Waals surface area contributed by atoms with E-state index in [9.17, 15) is 62.1 Å². The summed E-state index contributed by atoms with van der Waals surface area (Å²) in [5.74, 6) is -1.83. The molecule has 0 saturated heterocycles. The summed E-state index contributed by atoms with van der Waals surface area (Å²) in [6, 6.07) is 16.4. The van der Waals surface area contributed by atoms with Gasteiger partial charge >= 0.3 is 0 Å². The predicted octanol–water partition coefficient (Wildman–Crippen LogP) is 6.98. The van der Waals surface area contributed by atoms with Crippen molar-refractivity contribution in [3.63, 3.8) is 0 Å². The van der Waals surface area contributed by atoms with Gasteiger partial charge in [-0.3, -0.25) is 18.2 Å². The van der Waals surface area contributed by atoms with Gasteiger partial charge in [-0.1, -0.05) is 0 Å². The Kier molecular flexibility index (Phi) is 11.1. The Morgan fingerprint density at radius 3 is 1.17 bits per heavy atom. The van der Waals surface area contributed by atoms with Crippen molar-refractivity contribution in [2.24, 2.45) is 20.5 Å². The highest BCUT2D eigenvalue weighted by atomic mass is 32.2. The summed E-state index contributed by atoms with van der Waals surface area (Å²) in [7, 11) is -17.0. The number of anilines is 2. The van der Waals surface area contributed by atoms with Crippen LogP contribution >= 0.6 is 0 Å². The van der Waals surface area contributed by atoms with Crippen molar-refractivity contribution in [3.05, 3.63) is 84.9 Å². The van der Waals surface area contributed by atoms with E-state index < -0.39 is 82.9 Å². The first kappa shape index (κ1) is 42.3. The zero-order valence-corrected chi connectivity index (χ0v) is 33.0. The normalized spacial score (nSPS) is 12.8. The molecule has 0 aromatic heterocycles. The number of nitrogens with zero attached hydrogens (tertiary/aromatic N) is 4. The summed E-state index contributed by atoms with van der Waals surface area (Å²) in [4.78, 5) is -2.79. The molecule has 6 aromatic carbocycles. The van der Waals surface area contributed by atoms with Gasteiger partial charge in [0.2, 0.25) is 0 Å². The summed E-state index contributed by atoms with van der Waals surface area (Å²) in [5, 5.41) is 40.8. The molecule has 6 rings (SSSR count). The molecule has 0 saturated carbocycles. The Hall–Kier alpha value is -6.32. The van der Waals surface area contributed by atoms with Gasteiger partial charge < -0.3 is 25.0 Å². The first-order valence-electron chi connectivity index (χ1n) is 16.0. The molecule has 0 amide bonds. The molecule has 7 N–H and O–H groups in total. The zero-order valence-electron chi connectivity index (χ0n) is 29.8. The van der Waals surface area contributed by atoms with Crippen LogP contribution in [0, 0.1) is 0 Å². The number of fused-ring (bicyclic) bond motifs is 2. The van der Waals surface area contributed by atoms with Gasteiger partial charge in [0.05, 0.1) is 24.0 Å². The van der Waals surface area contributed by atoms with Gasteiger partial charge in [0.1, 0.15) is 44.0 Å². The van der Waals surface area contributed by atoms with Crippen molar-refractivity contribution in [1.29, 1.82) is 0 Å². The number of phenolic OH excluding ortho intramolecular Hbond substituents is 2. The van der Waals surface area contributed by atoms with Crippen LogP contribution in [-0.4, -0.2) is 76.3 Å². The molecule has 0 spiro atoms. The largest absolute Gasteiger partial charge is 0.505 e. The number of hydrogen-bond acceptors (Lipinski definition) is 17. The molecule has 308 valence electrons. The summed E-state index contributed by atoms with van der Waals surface area (Å²) in [6.45, 7) is 0. The second-order valence-corrected chi connectivity index (χ2v) is 17.7.